The van der Waals surface area contributed by atoms with Gasteiger partial charge in [-0.25, -0.2) is 14.4 Å². The number of benzene rings is 2. The molecular weight excluding hydrogens is 416 g/mol. The number of thioether (sulfide) groups is 1. The van der Waals surface area contributed by atoms with Gasteiger partial charge in [0.1, 0.15) is 11.3 Å². The molecule has 0 aromatic heterocycles. The average Bonchev–Trinajstić information content (AvgIpc) is 2.65. The molecule has 154 valence electrons. The van der Waals surface area contributed by atoms with E-state index < -0.39 is 24.0 Å². The lowest BCUT2D eigenvalue weighted by Gasteiger charge is -2.20. The molecule has 0 amide bonds. The van der Waals surface area contributed by atoms with Gasteiger partial charge < -0.3 is 20.1 Å². The molecule has 3 N–H and O–H groups in total. The van der Waals surface area contributed by atoms with Gasteiger partial charge in [-0.2, -0.15) is 0 Å². The van der Waals surface area contributed by atoms with E-state index >= 15 is 0 Å². The predicted molar refractivity (Wildman–Crippen MR) is 110 cm³/mol. The summed E-state index contributed by atoms with van der Waals surface area (Å²) in [7, 11) is 0. The maximum atomic E-state index is 11.7. The van der Waals surface area contributed by atoms with E-state index in [9.17, 15) is 29.7 Å². The van der Waals surface area contributed by atoms with Crippen LogP contribution in [0.3, 0.4) is 0 Å². The lowest BCUT2D eigenvalue weighted by atomic mass is 10.1. The smallest absolute Gasteiger partial charge is 0.345 e. The van der Waals surface area contributed by atoms with Crippen LogP contribution in [0, 0.1) is 5.92 Å². The molecule has 0 bridgehead atoms. The maximum absolute atomic E-state index is 11.7. The van der Waals surface area contributed by atoms with E-state index in [1.165, 1.54) is 41.7 Å². The van der Waals surface area contributed by atoms with Crippen LogP contribution in [0.2, 0.25) is 0 Å². The van der Waals surface area contributed by atoms with Crippen molar-refractivity contribution in [3.8, 4) is 5.75 Å². The number of carbonyl (C=O) groups is 3. The second kappa shape index (κ2) is 9.71. The Morgan fingerprint density at radius 2 is 1.55 bits per heavy atom. The number of hydrogen-bond acceptors (Lipinski definition) is 6. The molecule has 29 heavy (non-hydrogen) atoms. The Morgan fingerprint density at radius 1 is 0.897 bits per heavy atom. The zero-order valence-electron chi connectivity index (χ0n) is 15.9. The van der Waals surface area contributed by atoms with Crippen LogP contribution in [-0.4, -0.2) is 45.6 Å². The van der Waals surface area contributed by atoms with Gasteiger partial charge in [0, 0.05) is 20.6 Å². The van der Waals surface area contributed by atoms with Crippen molar-refractivity contribution in [3.63, 3.8) is 0 Å². The normalized spacial score (nSPS) is 11.9. The number of carboxylic acids is 3. The Bertz CT molecular complexity index is 940. The predicted octanol–water partition coefficient (Wildman–Crippen LogP) is 4.44. The second-order valence-corrected chi connectivity index (χ2v) is 8.41. The number of carboxylic acid groups (broad SMARTS) is 3. The molecule has 9 heteroatoms. The van der Waals surface area contributed by atoms with E-state index in [0.29, 0.717) is 9.79 Å². The minimum Gasteiger partial charge on any atom is -0.478 e. The van der Waals surface area contributed by atoms with Gasteiger partial charge >= 0.3 is 17.9 Å². The van der Waals surface area contributed by atoms with Crippen molar-refractivity contribution >= 4 is 41.4 Å². The highest BCUT2D eigenvalue weighted by atomic mass is 32.2. The standard InChI is InChI=1S/C20H20O7S2/c1-10(2)17(20(25)26)27-16-5-4-12(9-15(16)19(23)24)29-14-7-11(18(21)22)6-13(8-14)28-3/h4-10,17H,1-3H3,(H,21,22)(H,23,24)(H,25,26). The summed E-state index contributed by atoms with van der Waals surface area (Å²) < 4.78 is 5.45. The van der Waals surface area contributed by atoms with Crippen molar-refractivity contribution in [2.75, 3.05) is 6.26 Å². The third kappa shape index (κ3) is 5.91. The zero-order chi connectivity index (χ0) is 21.7. The molecule has 0 aliphatic heterocycles. The third-order valence-corrected chi connectivity index (χ3v) is 5.55. The van der Waals surface area contributed by atoms with Gasteiger partial charge in [0.05, 0.1) is 5.56 Å². The fourth-order valence-corrected chi connectivity index (χ4v) is 3.98. The molecule has 1 atom stereocenters. The molecular formula is C20H20O7S2. The Balaban J connectivity index is 2.38. The van der Waals surface area contributed by atoms with Crippen molar-refractivity contribution in [1.82, 2.24) is 0 Å². The molecule has 7 nitrogen and oxygen atoms in total. The van der Waals surface area contributed by atoms with Crippen LogP contribution in [-0.2, 0) is 4.79 Å². The Morgan fingerprint density at radius 3 is 2.07 bits per heavy atom. The van der Waals surface area contributed by atoms with Crippen LogP contribution in [0.5, 0.6) is 5.75 Å². The minimum atomic E-state index is -1.25. The molecule has 2 aromatic rings. The van der Waals surface area contributed by atoms with Crippen molar-refractivity contribution in [2.24, 2.45) is 5.92 Å². The van der Waals surface area contributed by atoms with Crippen molar-refractivity contribution in [1.29, 1.82) is 0 Å². The van der Waals surface area contributed by atoms with Crippen LogP contribution in [0.15, 0.2) is 51.1 Å². The lowest BCUT2D eigenvalue weighted by molar-refractivity contribution is -0.147. The first-order chi connectivity index (χ1) is 13.6. The number of aliphatic carboxylic acids is 1. The van der Waals surface area contributed by atoms with Gasteiger partial charge in [0.25, 0.3) is 0 Å². The van der Waals surface area contributed by atoms with E-state index in [-0.39, 0.29) is 22.8 Å². The molecule has 0 radical (unpaired) electrons. The molecule has 0 saturated heterocycles. The molecule has 2 aromatic carbocycles. The summed E-state index contributed by atoms with van der Waals surface area (Å²) in [6, 6.07) is 9.30. The summed E-state index contributed by atoms with van der Waals surface area (Å²) in [6.45, 7) is 3.34. The van der Waals surface area contributed by atoms with E-state index in [2.05, 4.69) is 0 Å². The van der Waals surface area contributed by atoms with E-state index in [4.69, 9.17) is 4.74 Å². The number of hydrogen-bond donors (Lipinski definition) is 3. The lowest BCUT2D eigenvalue weighted by Crippen LogP contribution is -2.32. The van der Waals surface area contributed by atoms with Gasteiger partial charge in [0.2, 0.25) is 0 Å². The van der Waals surface area contributed by atoms with Crippen molar-refractivity contribution in [3.05, 3.63) is 47.5 Å². The number of aromatic carboxylic acids is 2. The first-order valence-corrected chi connectivity index (χ1v) is 10.5. The van der Waals surface area contributed by atoms with Gasteiger partial charge in [-0.05, 0) is 42.7 Å². The fraction of sp³-hybridized carbons (Fsp3) is 0.250. The van der Waals surface area contributed by atoms with E-state index in [1.54, 1.807) is 26.0 Å². The Hall–Kier alpha value is -2.65. The fourth-order valence-electron chi connectivity index (χ4n) is 2.46. The van der Waals surface area contributed by atoms with Crippen LogP contribution >= 0.6 is 23.5 Å². The van der Waals surface area contributed by atoms with Crippen LogP contribution in [0.25, 0.3) is 0 Å². The topological polar surface area (TPSA) is 121 Å². The average molecular weight is 437 g/mol. The minimum absolute atomic E-state index is 0.0351. The summed E-state index contributed by atoms with van der Waals surface area (Å²) >= 11 is 2.61. The Kier molecular flexibility index (Phi) is 7.58. The van der Waals surface area contributed by atoms with Crippen LogP contribution in [0.4, 0.5) is 0 Å². The monoisotopic (exact) mass is 436 g/mol. The molecule has 0 spiro atoms. The van der Waals surface area contributed by atoms with Gasteiger partial charge in [-0.3, -0.25) is 0 Å². The van der Waals surface area contributed by atoms with Crippen LogP contribution in [0.1, 0.15) is 34.6 Å². The zero-order valence-corrected chi connectivity index (χ0v) is 17.5. The second-order valence-electron chi connectivity index (χ2n) is 6.39. The summed E-state index contributed by atoms with van der Waals surface area (Å²) in [5, 5.41) is 28.1. The SMILES string of the molecule is CSc1cc(Sc2ccc(OC(C(=O)O)C(C)C)c(C(=O)O)c2)cc(C(=O)O)c1. The van der Waals surface area contributed by atoms with E-state index in [0.717, 1.165) is 4.90 Å². The summed E-state index contributed by atoms with van der Waals surface area (Å²) in [4.78, 5) is 36.3. The first-order valence-electron chi connectivity index (χ1n) is 8.49. The highest BCUT2D eigenvalue weighted by molar-refractivity contribution is 7.99. The molecule has 1 unspecified atom stereocenters. The molecule has 0 fully saturated rings. The van der Waals surface area contributed by atoms with Gasteiger partial charge in [0.15, 0.2) is 6.10 Å². The Labute approximate surface area is 176 Å². The van der Waals surface area contributed by atoms with Gasteiger partial charge in [-0.1, -0.05) is 25.6 Å². The third-order valence-electron chi connectivity index (χ3n) is 3.88. The number of rotatable bonds is 9. The molecule has 0 aliphatic carbocycles. The summed E-state index contributed by atoms with van der Waals surface area (Å²) in [6.07, 6.45) is 0.653. The quantitative estimate of drug-likeness (QED) is 0.490. The molecule has 0 aliphatic rings. The van der Waals surface area contributed by atoms with Gasteiger partial charge in [-0.15, -0.1) is 11.8 Å². The van der Waals surface area contributed by atoms with Crippen LogP contribution < -0.4 is 4.74 Å². The highest BCUT2D eigenvalue weighted by Gasteiger charge is 2.26. The highest BCUT2D eigenvalue weighted by Crippen LogP contribution is 2.34. The number of ether oxygens (including phenoxy) is 1. The van der Waals surface area contributed by atoms with Crippen molar-refractivity contribution < 1.29 is 34.4 Å². The summed E-state index contributed by atoms with van der Waals surface area (Å²) in [5.41, 5.74) is -0.0274. The molecule has 2 rings (SSSR count). The van der Waals surface area contributed by atoms with E-state index in [1.807, 2.05) is 12.3 Å². The molecule has 0 saturated carbocycles. The maximum Gasteiger partial charge on any atom is 0.345 e. The first kappa shape index (κ1) is 22.6. The largest absolute Gasteiger partial charge is 0.478 e. The molecule has 0 heterocycles. The van der Waals surface area contributed by atoms with Crippen molar-refractivity contribution in [2.45, 2.75) is 34.6 Å². The summed E-state index contributed by atoms with van der Waals surface area (Å²) in [5.74, 6) is -3.87.